The van der Waals surface area contributed by atoms with Crippen molar-refractivity contribution in [2.75, 3.05) is 0 Å². The van der Waals surface area contributed by atoms with Crippen LogP contribution in [0.15, 0.2) is 24.3 Å². The Hall–Kier alpha value is -1.65. The Balaban J connectivity index is 2.17. The molecule has 1 aromatic rings. The van der Waals surface area contributed by atoms with Gasteiger partial charge >= 0.3 is 129 Å². The molecule has 0 saturated heterocycles. The van der Waals surface area contributed by atoms with Gasteiger partial charge in [-0.3, -0.25) is 0 Å². The van der Waals surface area contributed by atoms with E-state index in [0.717, 1.165) is 23.1 Å². The minimum absolute atomic E-state index is 0.0794. The van der Waals surface area contributed by atoms with Crippen LogP contribution in [0.25, 0.3) is 0 Å². The number of benzene rings is 1. The van der Waals surface area contributed by atoms with E-state index in [0.29, 0.717) is 5.32 Å². The van der Waals surface area contributed by atoms with Gasteiger partial charge in [-0.2, -0.15) is 0 Å². The molecule has 0 saturated carbocycles. The van der Waals surface area contributed by atoms with Crippen LogP contribution in [-0.2, 0) is 4.79 Å². The van der Waals surface area contributed by atoms with Gasteiger partial charge in [-0.05, 0) is 0 Å². The Bertz CT molecular complexity index is 538. The molecule has 0 N–H and O–H groups in total. The van der Waals surface area contributed by atoms with E-state index in [2.05, 4.69) is 6.92 Å². The number of carboxylic acids is 1. The third-order valence-electron chi connectivity index (χ3n) is 3.33. The van der Waals surface area contributed by atoms with Crippen LogP contribution in [0.2, 0.25) is 10.6 Å². The molecule has 2 amide bonds. The number of amides is 2. The van der Waals surface area contributed by atoms with Crippen molar-refractivity contribution in [2.24, 2.45) is 0 Å². The van der Waals surface area contributed by atoms with E-state index in [9.17, 15) is 19.5 Å². The van der Waals surface area contributed by atoms with E-state index < -0.39 is 23.8 Å². The Morgan fingerprint density at radius 1 is 1.24 bits per heavy atom. The van der Waals surface area contributed by atoms with Crippen LogP contribution >= 0.6 is 0 Å². The summed E-state index contributed by atoms with van der Waals surface area (Å²) < 4.78 is 0. The van der Waals surface area contributed by atoms with E-state index in [4.69, 9.17) is 0 Å². The van der Waals surface area contributed by atoms with Crippen molar-refractivity contribution >= 4 is 32.7 Å². The molecule has 1 atom stereocenters. The third kappa shape index (κ3) is 3.17. The van der Waals surface area contributed by atoms with Gasteiger partial charge < -0.3 is 0 Å². The van der Waals surface area contributed by atoms with E-state index in [-0.39, 0.29) is 26.1 Å². The van der Waals surface area contributed by atoms with Gasteiger partial charge in [0.15, 0.2) is 0 Å². The topological polar surface area (TPSA) is 77.5 Å². The number of hydrogen-bond acceptors (Lipinski definition) is 4. The summed E-state index contributed by atoms with van der Waals surface area (Å²) in [5, 5.41) is 12.6. The van der Waals surface area contributed by atoms with Gasteiger partial charge in [-0.1, -0.05) is 0 Å². The fraction of sp³-hybridized carbons (Fsp3) is 0.400. The zero-order valence-electron chi connectivity index (χ0n) is 11.7. The summed E-state index contributed by atoms with van der Waals surface area (Å²) >= 11 is 0.0794. The predicted molar refractivity (Wildman–Crippen MR) is 76.0 cm³/mol. The number of aliphatic carboxylic acids is 1. The summed E-state index contributed by atoms with van der Waals surface area (Å²) in [5.74, 6) is -2.42. The molecule has 0 radical (unpaired) electrons. The molecule has 1 aromatic carbocycles. The number of unbranched alkanes of at least 4 members (excludes halogenated alkanes) is 1. The van der Waals surface area contributed by atoms with Crippen LogP contribution in [-0.4, -0.2) is 43.7 Å². The van der Waals surface area contributed by atoms with Crippen LogP contribution < -0.4 is 5.11 Å². The molecule has 5 nitrogen and oxygen atoms in total. The Morgan fingerprint density at radius 2 is 1.81 bits per heavy atom. The van der Waals surface area contributed by atoms with Crippen molar-refractivity contribution in [1.82, 2.24) is 4.90 Å². The number of carbonyl (C=O) groups excluding carboxylic acids is 3. The zero-order valence-corrected chi connectivity index (χ0v) is 13.4. The summed E-state index contributed by atoms with van der Waals surface area (Å²) in [7, 11) is 0. The van der Waals surface area contributed by atoms with Crippen molar-refractivity contribution in [1.29, 1.82) is 0 Å². The number of imide groups is 1. The zero-order chi connectivity index (χ0) is 15.4. The second-order valence-corrected chi connectivity index (χ2v) is 7.20. The van der Waals surface area contributed by atoms with Crippen LogP contribution in [0.1, 0.15) is 40.5 Å². The van der Waals surface area contributed by atoms with Gasteiger partial charge in [0.2, 0.25) is 0 Å². The second kappa shape index (κ2) is 6.87. The molecule has 112 valence electrons. The summed E-state index contributed by atoms with van der Waals surface area (Å²) in [6.45, 7) is 2.07. The van der Waals surface area contributed by atoms with Crippen LogP contribution in [0.3, 0.4) is 0 Å². The van der Waals surface area contributed by atoms with Crippen LogP contribution in [0.4, 0.5) is 0 Å². The maximum atomic E-state index is 12.3. The number of hydrogen-bond donors (Lipinski definition) is 0. The number of rotatable bonds is 7. The van der Waals surface area contributed by atoms with E-state index in [1.54, 1.807) is 24.3 Å². The molecule has 2 rings (SSSR count). The van der Waals surface area contributed by atoms with Crippen LogP contribution in [0, 0.1) is 0 Å². The SMILES string of the molecule is CCCC[Se]CC(C(=O)[O-])N1C(=O)c2ccccc2C1=O. The first-order chi connectivity index (χ1) is 10.1. The number of carbonyl (C=O) groups is 3. The summed E-state index contributed by atoms with van der Waals surface area (Å²) in [6.07, 6.45) is 2.08. The van der Waals surface area contributed by atoms with E-state index in [1.807, 2.05) is 0 Å². The molecule has 0 spiro atoms. The van der Waals surface area contributed by atoms with Crippen molar-refractivity contribution in [3.63, 3.8) is 0 Å². The van der Waals surface area contributed by atoms with Crippen LogP contribution in [0.5, 0.6) is 0 Å². The molecule has 0 aliphatic carbocycles. The average Bonchev–Trinajstić information content (AvgIpc) is 2.72. The Labute approximate surface area is 129 Å². The molecular formula is C15H16NO4Se-. The first kappa shape index (κ1) is 15.7. The molecule has 0 bridgehead atoms. The fourth-order valence-electron chi connectivity index (χ4n) is 2.18. The van der Waals surface area contributed by atoms with Crippen molar-refractivity contribution in [3.8, 4) is 0 Å². The third-order valence-corrected chi connectivity index (χ3v) is 5.70. The number of carboxylic acid groups (broad SMARTS) is 1. The molecule has 1 heterocycles. The predicted octanol–water partition coefficient (Wildman–Crippen LogP) is 0.742. The molecule has 1 aliphatic rings. The maximum absolute atomic E-state index is 12.3. The van der Waals surface area contributed by atoms with Gasteiger partial charge in [0.25, 0.3) is 0 Å². The molecule has 0 fully saturated rings. The quantitative estimate of drug-likeness (QED) is 0.412. The van der Waals surface area contributed by atoms with Gasteiger partial charge in [0.05, 0.1) is 0 Å². The molecule has 21 heavy (non-hydrogen) atoms. The molecule has 1 aliphatic heterocycles. The Kier molecular flexibility index (Phi) is 5.15. The van der Waals surface area contributed by atoms with E-state index >= 15 is 0 Å². The summed E-state index contributed by atoms with van der Waals surface area (Å²) in [5.41, 5.74) is 0.546. The van der Waals surface area contributed by atoms with E-state index in [1.165, 1.54) is 0 Å². The summed E-state index contributed by atoms with van der Waals surface area (Å²) in [6, 6.07) is 5.25. The fourth-order valence-corrected chi connectivity index (χ4v) is 4.63. The Morgan fingerprint density at radius 3 is 2.29 bits per heavy atom. The van der Waals surface area contributed by atoms with Gasteiger partial charge in [0, 0.05) is 0 Å². The first-order valence-corrected chi connectivity index (χ1v) is 9.25. The molecule has 0 aromatic heterocycles. The van der Waals surface area contributed by atoms with Gasteiger partial charge in [-0.25, -0.2) is 0 Å². The average molecular weight is 353 g/mol. The van der Waals surface area contributed by atoms with Crippen molar-refractivity contribution in [3.05, 3.63) is 35.4 Å². The standard InChI is InChI=1S/C15H17NO4Se/c1-2-3-8-21-9-12(15(19)20)16-13(17)10-6-4-5-7-11(10)14(16)18/h4-7,12H,2-3,8-9H2,1H3,(H,19,20)/p-1. The monoisotopic (exact) mass is 354 g/mol. The summed E-state index contributed by atoms with van der Waals surface area (Å²) in [4.78, 5) is 36.7. The number of nitrogens with zero attached hydrogens (tertiary/aromatic N) is 1. The molecular weight excluding hydrogens is 337 g/mol. The first-order valence-electron chi connectivity index (χ1n) is 6.83. The normalized spacial score (nSPS) is 15.2. The molecule has 1 unspecified atom stereocenters. The van der Waals surface area contributed by atoms with Gasteiger partial charge in [0.1, 0.15) is 0 Å². The molecule has 6 heteroatoms. The van der Waals surface area contributed by atoms with Crippen molar-refractivity contribution < 1.29 is 19.5 Å². The second-order valence-electron chi connectivity index (χ2n) is 4.79. The number of fused-ring (bicyclic) bond motifs is 1. The minimum atomic E-state index is -1.36. The van der Waals surface area contributed by atoms with Crippen molar-refractivity contribution in [2.45, 2.75) is 36.4 Å². The van der Waals surface area contributed by atoms with Gasteiger partial charge in [-0.15, -0.1) is 0 Å².